The molecule has 3 rings (SSSR count). The van der Waals surface area contributed by atoms with Gasteiger partial charge in [-0.05, 0) is 29.8 Å². The molecule has 4 nitrogen and oxygen atoms in total. The van der Waals surface area contributed by atoms with Gasteiger partial charge in [-0.1, -0.05) is 0 Å². The monoisotopic (exact) mass is 268 g/mol. The van der Waals surface area contributed by atoms with E-state index in [4.69, 9.17) is 17.3 Å². The van der Waals surface area contributed by atoms with Gasteiger partial charge in [0.15, 0.2) is 0 Å². The molecule has 0 aliphatic heterocycles. The lowest BCUT2D eigenvalue weighted by Crippen LogP contribution is -1.94. The molecular weight excluding hydrogens is 259 g/mol. The second-order valence-electron chi connectivity index (χ2n) is 3.67. The standard InChI is InChI=1S/C11H9ClN4.ClH/c1-16-10-7(13)5-8-6(3-2-4-14-8)9(10)15-11(16)12;/h2-5H,13H2,1H3;1H. The van der Waals surface area contributed by atoms with Gasteiger partial charge >= 0.3 is 0 Å². The number of anilines is 1. The summed E-state index contributed by atoms with van der Waals surface area (Å²) in [6.45, 7) is 0. The topological polar surface area (TPSA) is 56.7 Å². The maximum Gasteiger partial charge on any atom is 0.203 e. The van der Waals surface area contributed by atoms with Crippen LogP contribution in [0, 0.1) is 0 Å². The minimum atomic E-state index is 0. The maximum absolute atomic E-state index is 6.00. The van der Waals surface area contributed by atoms with Crippen molar-refractivity contribution >= 4 is 51.6 Å². The van der Waals surface area contributed by atoms with Crippen LogP contribution in [0.25, 0.3) is 21.9 Å². The first-order valence-corrected chi connectivity index (χ1v) is 5.21. The summed E-state index contributed by atoms with van der Waals surface area (Å²) in [6, 6.07) is 5.68. The molecule has 2 heterocycles. The molecule has 0 spiro atoms. The van der Waals surface area contributed by atoms with Gasteiger partial charge in [0.05, 0.1) is 16.7 Å². The molecule has 0 fully saturated rings. The Hall–Kier alpha value is -1.52. The average Bonchev–Trinajstić information content (AvgIpc) is 2.57. The van der Waals surface area contributed by atoms with E-state index >= 15 is 0 Å². The van der Waals surface area contributed by atoms with Crippen LogP contribution in [-0.2, 0) is 7.05 Å². The molecule has 0 aliphatic carbocycles. The average molecular weight is 269 g/mol. The SMILES string of the molecule is Cl.Cn1c(Cl)nc2c3cccnc3cc(N)c21. The van der Waals surface area contributed by atoms with E-state index in [9.17, 15) is 0 Å². The highest BCUT2D eigenvalue weighted by atomic mass is 35.5. The van der Waals surface area contributed by atoms with Crippen LogP contribution in [0.15, 0.2) is 24.4 Å². The van der Waals surface area contributed by atoms with E-state index in [-0.39, 0.29) is 12.4 Å². The molecule has 88 valence electrons. The molecule has 6 heteroatoms. The van der Waals surface area contributed by atoms with Gasteiger partial charge in [0.2, 0.25) is 5.28 Å². The van der Waals surface area contributed by atoms with Crippen molar-refractivity contribution in [2.75, 3.05) is 5.73 Å². The lowest BCUT2D eigenvalue weighted by Gasteiger charge is -2.03. The molecule has 0 aliphatic rings. The molecule has 0 unspecified atom stereocenters. The van der Waals surface area contributed by atoms with Crippen molar-refractivity contribution in [3.05, 3.63) is 29.7 Å². The predicted octanol–water partition coefficient (Wildman–Crippen LogP) is 2.78. The number of hydrogen-bond acceptors (Lipinski definition) is 3. The van der Waals surface area contributed by atoms with Crippen LogP contribution in [-0.4, -0.2) is 14.5 Å². The second-order valence-corrected chi connectivity index (χ2v) is 4.01. The van der Waals surface area contributed by atoms with Gasteiger partial charge < -0.3 is 10.3 Å². The van der Waals surface area contributed by atoms with Crippen LogP contribution < -0.4 is 5.73 Å². The molecule has 0 radical (unpaired) electrons. The molecule has 2 N–H and O–H groups in total. The van der Waals surface area contributed by atoms with E-state index in [2.05, 4.69) is 9.97 Å². The van der Waals surface area contributed by atoms with Gasteiger partial charge in [-0.2, -0.15) is 0 Å². The number of imidazole rings is 1. The number of nitrogens with two attached hydrogens (primary N) is 1. The Morgan fingerprint density at radius 2 is 2.18 bits per heavy atom. The summed E-state index contributed by atoms with van der Waals surface area (Å²) in [5, 5.41) is 1.40. The van der Waals surface area contributed by atoms with E-state index < -0.39 is 0 Å². The first-order chi connectivity index (χ1) is 7.68. The highest BCUT2D eigenvalue weighted by molar-refractivity contribution is 6.30. The number of benzene rings is 1. The van der Waals surface area contributed by atoms with Crippen LogP contribution >= 0.6 is 24.0 Å². The van der Waals surface area contributed by atoms with E-state index in [0.29, 0.717) is 11.0 Å². The number of halogens is 2. The zero-order chi connectivity index (χ0) is 11.3. The molecule has 0 amide bonds. The number of nitrogens with zero attached hydrogens (tertiary/aromatic N) is 3. The van der Waals surface area contributed by atoms with Gasteiger partial charge in [0.25, 0.3) is 0 Å². The van der Waals surface area contributed by atoms with Crippen LogP contribution in [0.2, 0.25) is 5.28 Å². The number of nitrogen functional groups attached to an aromatic ring is 1. The van der Waals surface area contributed by atoms with Crippen molar-refractivity contribution in [3.8, 4) is 0 Å². The zero-order valence-electron chi connectivity index (χ0n) is 9.01. The summed E-state index contributed by atoms with van der Waals surface area (Å²) in [7, 11) is 1.84. The number of pyridine rings is 1. The maximum atomic E-state index is 6.00. The molecule has 17 heavy (non-hydrogen) atoms. The van der Waals surface area contributed by atoms with E-state index in [1.165, 1.54) is 0 Å². The Labute approximate surface area is 109 Å². The fourth-order valence-electron chi connectivity index (χ4n) is 1.94. The van der Waals surface area contributed by atoms with Crippen molar-refractivity contribution in [1.82, 2.24) is 14.5 Å². The smallest absolute Gasteiger partial charge is 0.203 e. The highest BCUT2D eigenvalue weighted by Crippen LogP contribution is 2.30. The normalized spacial score (nSPS) is 10.7. The molecule has 2 aromatic heterocycles. The van der Waals surface area contributed by atoms with Crippen molar-refractivity contribution in [3.63, 3.8) is 0 Å². The van der Waals surface area contributed by atoms with E-state index in [1.54, 1.807) is 10.8 Å². The van der Waals surface area contributed by atoms with Gasteiger partial charge in [-0.15, -0.1) is 12.4 Å². The molecule has 0 saturated carbocycles. The van der Waals surface area contributed by atoms with Crippen LogP contribution in [0.5, 0.6) is 0 Å². The quantitative estimate of drug-likeness (QED) is 0.638. The molecule has 0 saturated heterocycles. The number of rotatable bonds is 0. The summed E-state index contributed by atoms with van der Waals surface area (Å²) in [5.74, 6) is 0. The van der Waals surface area contributed by atoms with Crippen LogP contribution in [0.3, 0.4) is 0 Å². The molecule has 3 aromatic rings. The van der Waals surface area contributed by atoms with Gasteiger partial charge in [-0.3, -0.25) is 4.98 Å². The number of aromatic nitrogens is 3. The largest absolute Gasteiger partial charge is 0.397 e. The van der Waals surface area contributed by atoms with E-state index in [1.807, 2.05) is 25.2 Å². The van der Waals surface area contributed by atoms with Crippen molar-refractivity contribution in [1.29, 1.82) is 0 Å². The zero-order valence-corrected chi connectivity index (χ0v) is 10.6. The molecular formula is C11H10Cl2N4. The molecule has 1 aromatic carbocycles. The minimum absolute atomic E-state index is 0. The summed E-state index contributed by atoms with van der Waals surface area (Å²) in [6.07, 6.45) is 1.73. The Bertz CT molecular complexity index is 705. The number of aryl methyl sites for hydroxylation is 1. The highest BCUT2D eigenvalue weighted by Gasteiger charge is 2.12. The predicted molar refractivity (Wildman–Crippen MR) is 72.7 cm³/mol. The van der Waals surface area contributed by atoms with Gasteiger partial charge in [-0.25, -0.2) is 4.98 Å². The second kappa shape index (κ2) is 4.05. The lowest BCUT2D eigenvalue weighted by molar-refractivity contribution is 0.950. The summed E-state index contributed by atoms with van der Waals surface area (Å²) in [4.78, 5) is 8.57. The van der Waals surface area contributed by atoms with Crippen molar-refractivity contribution < 1.29 is 0 Å². The van der Waals surface area contributed by atoms with Crippen LogP contribution in [0.4, 0.5) is 5.69 Å². The summed E-state index contributed by atoms with van der Waals surface area (Å²) >= 11 is 6.00. The number of fused-ring (bicyclic) bond motifs is 3. The Morgan fingerprint density at radius 3 is 2.94 bits per heavy atom. The molecule has 0 bridgehead atoms. The first-order valence-electron chi connectivity index (χ1n) is 4.83. The van der Waals surface area contributed by atoms with E-state index in [0.717, 1.165) is 21.9 Å². The van der Waals surface area contributed by atoms with Gasteiger partial charge in [0.1, 0.15) is 5.52 Å². The molecule has 0 atom stereocenters. The summed E-state index contributed by atoms with van der Waals surface area (Å²) in [5.41, 5.74) is 9.11. The van der Waals surface area contributed by atoms with Crippen molar-refractivity contribution in [2.45, 2.75) is 0 Å². The van der Waals surface area contributed by atoms with Crippen LogP contribution in [0.1, 0.15) is 0 Å². The Kier molecular flexibility index (Phi) is 2.85. The fraction of sp³-hybridized carbons (Fsp3) is 0.0909. The Balaban J connectivity index is 0.00000108. The summed E-state index contributed by atoms with van der Waals surface area (Å²) < 4.78 is 1.78. The third-order valence-corrected chi connectivity index (χ3v) is 3.04. The first kappa shape index (κ1) is 12.0. The minimum Gasteiger partial charge on any atom is -0.397 e. The Morgan fingerprint density at radius 1 is 1.41 bits per heavy atom. The third kappa shape index (κ3) is 1.61. The van der Waals surface area contributed by atoms with Gasteiger partial charge in [0, 0.05) is 18.6 Å². The lowest BCUT2D eigenvalue weighted by atomic mass is 10.1. The fourth-order valence-corrected chi connectivity index (χ4v) is 2.11. The third-order valence-electron chi connectivity index (χ3n) is 2.70. The van der Waals surface area contributed by atoms with Crippen molar-refractivity contribution in [2.24, 2.45) is 7.05 Å². The number of hydrogen-bond donors (Lipinski definition) is 1.